The predicted octanol–water partition coefficient (Wildman–Crippen LogP) is 3.54. The minimum Gasteiger partial charge on any atom is -0.455 e. The average molecular weight is 449 g/mol. The Morgan fingerprint density at radius 1 is 1.29 bits per heavy atom. The summed E-state index contributed by atoms with van der Waals surface area (Å²) in [6, 6.07) is 4.70. The van der Waals surface area contributed by atoms with Crippen LogP contribution in [-0.2, 0) is 11.8 Å². The molecule has 3 rings (SSSR count). The first-order valence-corrected chi connectivity index (χ1v) is 9.84. The van der Waals surface area contributed by atoms with Crippen LogP contribution in [0, 0.1) is 5.82 Å². The zero-order chi connectivity index (χ0) is 23.1. The fourth-order valence-corrected chi connectivity index (χ4v) is 3.23. The van der Waals surface area contributed by atoms with Crippen molar-refractivity contribution in [2.45, 2.75) is 39.3 Å². The third-order valence-electron chi connectivity index (χ3n) is 4.50. The van der Waals surface area contributed by atoms with Gasteiger partial charge in [0.15, 0.2) is 5.69 Å². The SMILES string of the molecule is CC(Nc1ccc(Cl)nc1C(=O)OC(C)(C)C)c1cc(F)cc2c(=O)n(C)c(=O)[nH]c12. The summed E-state index contributed by atoms with van der Waals surface area (Å²) >= 11 is 5.96. The number of pyridine rings is 1. The smallest absolute Gasteiger partial charge is 0.359 e. The van der Waals surface area contributed by atoms with Crippen molar-refractivity contribution in [2.75, 3.05) is 5.32 Å². The first-order chi connectivity index (χ1) is 14.4. The molecule has 0 amide bonds. The number of rotatable bonds is 4. The molecule has 2 aromatic heterocycles. The van der Waals surface area contributed by atoms with Crippen LogP contribution in [0.2, 0.25) is 5.15 Å². The Hall–Kier alpha value is -3.20. The van der Waals surface area contributed by atoms with Crippen LogP contribution < -0.4 is 16.6 Å². The molecule has 0 saturated carbocycles. The number of nitrogens with one attached hydrogen (secondary N) is 2. The number of aromatic amines is 1. The summed E-state index contributed by atoms with van der Waals surface area (Å²) in [5.41, 5.74) is -1.20. The van der Waals surface area contributed by atoms with E-state index in [1.807, 2.05) is 0 Å². The third kappa shape index (κ3) is 4.77. The summed E-state index contributed by atoms with van der Waals surface area (Å²) < 4.78 is 20.5. The van der Waals surface area contributed by atoms with E-state index in [2.05, 4.69) is 15.3 Å². The van der Waals surface area contributed by atoms with E-state index in [0.29, 0.717) is 11.3 Å². The number of anilines is 1. The number of hydrogen-bond acceptors (Lipinski definition) is 6. The third-order valence-corrected chi connectivity index (χ3v) is 4.71. The Morgan fingerprint density at radius 3 is 2.61 bits per heavy atom. The molecule has 1 unspecified atom stereocenters. The predicted molar refractivity (Wildman–Crippen MR) is 116 cm³/mol. The van der Waals surface area contributed by atoms with E-state index in [9.17, 15) is 18.8 Å². The van der Waals surface area contributed by atoms with Crippen LogP contribution in [0.25, 0.3) is 10.9 Å². The number of hydrogen-bond donors (Lipinski definition) is 2. The summed E-state index contributed by atoms with van der Waals surface area (Å²) in [5, 5.41) is 3.21. The standard InChI is InChI=1S/C21H22ClFN4O4/c1-10(12-8-11(23)9-13-16(12)26-20(30)27(5)18(13)28)24-14-6-7-15(22)25-17(14)19(29)31-21(2,3)4/h6-10,24H,1-5H3,(H,26,30). The molecule has 0 saturated heterocycles. The van der Waals surface area contributed by atoms with E-state index < -0.39 is 34.7 Å². The average Bonchev–Trinajstić information content (AvgIpc) is 2.66. The highest BCUT2D eigenvalue weighted by Gasteiger charge is 2.24. The van der Waals surface area contributed by atoms with Gasteiger partial charge in [0, 0.05) is 12.6 Å². The monoisotopic (exact) mass is 448 g/mol. The van der Waals surface area contributed by atoms with Gasteiger partial charge in [-0.25, -0.2) is 19.0 Å². The lowest BCUT2D eigenvalue weighted by molar-refractivity contribution is 0.00640. The summed E-state index contributed by atoms with van der Waals surface area (Å²) in [7, 11) is 1.30. The number of carbonyl (C=O) groups is 1. The van der Waals surface area contributed by atoms with Crippen molar-refractivity contribution in [3.05, 3.63) is 67.3 Å². The molecule has 3 aromatic rings. The van der Waals surface area contributed by atoms with Gasteiger partial charge >= 0.3 is 11.7 Å². The first kappa shape index (κ1) is 22.5. The molecule has 0 aliphatic rings. The van der Waals surface area contributed by atoms with Gasteiger partial charge in [0.2, 0.25) is 0 Å². The molecule has 0 fully saturated rings. The molecule has 2 heterocycles. The highest BCUT2D eigenvalue weighted by Crippen LogP contribution is 2.28. The number of H-pyrrole nitrogens is 1. The Morgan fingerprint density at radius 2 is 1.97 bits per heavy atom. The van der Waals surface area contributed by atoms with Crippen molar-refractivity contribution in [3.8, 4) is 0 Å². The van der Waals surface area contributed by atoms with Crippen LogP contribution in [0.3, 0.4) is 0 Å². The number of carbonyl (C=O) groups excluding carboxylic acids is 1. The minimum absolute atomic E-state index is 0.0346. The Bertz CT molecular complexity index is 1290. The van der Waals surface area contributed by atoms with Gasteiger partial charge in [-0.3, -0.25) is 9.36 Å². The molecule has 164 valence electrons. The molecule has 0 radical (unpaired) electrons. The lowest BCUT2D eigenvalue weighted by atomic mass is 10.0. The number of esters is 1. The van der Waals surface area contributed by atoms with Crippen molar-refractivity contribution >= 4 is 34.2 Å². The number of ether oxygens (including phenoxy) is 1. The number of aromatic nitrogens is 3. The second-order valence-corrected chi connectivity index (χ2v) is 8.50. The van der Waals surface area contributed by atoms with Gasteiger partial charge in [0.05, 0.1) is 22.6 Å². The molecule has 1 aromatic carbocycles. The molecule has 1 atom stereocenters. The van der Waals surface area contributed by atoms with Crippen molar-refractivity contribution in [1.82, 2.24) is 14.5 Å². The zero-order valence-electron chi connectivity index (χ0n) is 17.7. The highest BCUT2D eigenvalue weighted by atomic mass is 35.5. The highest BCUT2D eigenvalue weighted by molar-refractivity contribution is 6.29. The van der Waals surface area contributed by atoms with Crippen molar-refractivity contribution in [1.29, 1.82) is 0 Å². The summed E-state index contributed by atoms with van der Waals surface area (Å²) in [5.74, 6) is -1.32. The first-order valence-electron chi connectivity index (χ1n) is 9.46. The molecule has 0 spiro atoms. The van der Waals surface area contributed by atoms with E-state index in [1.165, 1.54) is 19.2 Å². The molecule has 10 heteroatoms. The molecule has 8 nitrogen and oxygen atoms in total. The van der Waals surface area contributed by atoms with Crippen molar-refractivity contribution in [3.63, 3.8) is 0 Å². The van der Waals surface area contributed by atoms with Crippen LogP contribution in [0.1, 0.15) is 49.8 Å². The number of benzene rings is 1. The molecular weight excluding hydrogens is 427 g/mol. The maximum atomic E-state index is 14.3. The van der Waals surface area contributed by atoms with E-state index >= 15 is 0 Å². The topological polar surface area (TPSA) is 106 Å². The van der Waals surface area contributed by atoms with Gasteiger partial charge < -0.3 is 15.0 Å². The quantitative estimate of drug-likeness (QED) is 0.467. The summed E-state index contributed by atoms with van der Waals surface area (Å²) in [6.07, 6.45) is 0. The van der Waals surface area contributed by atoms with Gasteiger partial charge in [-0.05, 0) is 52.0 Å². The second-order valence-electron chi connectivity index (χ2n) is 8.11. The van der Waals surface area contributed by atoms with Gasteiger partial charge in [-0.2, -0.15) is 0 Å². The van der Waals surface area contributed by atoms with Gasteiger partial charge in [-0.15, -0.1) is 0 Å². The fourth-order valence-electron chi connectivity index (χ4n) is 3.09. The maximum absolute atomic E-state index is 14.3. The van der Waals surface area contributed by atoms with E-state index in [1.54, 1.807) is 33.8 Å². The largest absolute Gasteiger partial charge is 0.455 e. The number of nitrogens with zero attached hydrogens (tertiary/aromatic N) is 2. The molecule has 0 bridgehead atoms. The van der Waals surface area contributed by atoms with Crippen LogP contribution in [0.4, 0.5) is 10.1 Å². The zero-order valence-corrected chi connectivity index (χ0v) is 18.4. The maximum Gasteiger partial charge on any atom is 0.359 e. The minimum atomic E-state index is -0.748. The number of halogens is 2. The molecule has 2 N–H and O–H groups in total. The van der Waals surface area contributed by atoms with Gasteiger partial charge in [0.1, 0.15) is 16.6 Å². The van der Waals surface area contributed by atoms with Gasteiger partial charge in [-0.1, -0.05) is 11.6 Å². The van der Waals surface area contributed by atoms with Crippen molar-refractivity contribution in [2.24, 2.45) is 7.05 Å². The van der Waals surface area contributed by atoms with E-state index in [0.717, 1.165) is 10.6 Å². The molecule has 0 aliphatic carbocycles. The fraction of sp³-hybridized carbons (Fsp3) is 0.333. The lowest BCUT2D eigenvalue weighted by Gasteiger charge is -2.22. The summed E-state index contributed by atoms with van der Waals surface area (Å²) in [4.78, 5) is 43.8. The van der Waals surface area contributed by atoms with Crippen LogP contribution >= 0.6 is 11.6 Å². The summed E-state index contributed by atoms with van der Waals surface area (Å²) in [6.45, 7) is 6.86. The molecule has 0 aliphatic heterocycles. The molecular formula is C21H22ClFN4O4. The van der Waals surface area contributed by atoms with E-state index in [-0.39, 0.29) is 21.7 Å². The van der Waals surface area contributed by atoms with Crippen molar-refractivity contribution < 1.29 is 13.9 Å². The van der Waals surface area contributed by atoms with E-state index in [4.69, 9.17) is 16.3 Å². The normalized spacial score (nSPS) is 12.6. The van der Waals surface area contributed by atoms with Crippen LogP contribution in [0.5, 0.6) is 0 Å². The van der Waals surface area contributed by atoms with Crippen LogP contribution in [-0.4, -0.2) is 26.1 Å². The molecule has 31 heavy (non-hydrogen) atoms. The second kappa shape index (κ2) is 8.14. The Labute approximate surface area is 182 Å². The van der Waals surface area contributed by atoms with Gasteiger partial charge in [0.25, 0.3) is 5.56 Å². The van der Waals surface area contributed by atoms with Crippen LogP contribution in [0.15, 0.2) is 33.9 Å². The lowest BCUT2D eigenvalue weighted by Crippen LogP contribution is -2.33. The number of fused-ring (bicyclic) bond motifs is 1. The Kier molecular flexibility index (Phi) is 5.91. The Balaban J connectivity index is 2.08.